The van der Waals surface area contributed by atoms with Crippen LogP contribution in [-0.2, 0) is 0 Å². The zero-order valence-electron chi connectivity index (χ0n) is 8.71. The third-order valence-corrected chi connectivity index (χ3v) is 2.65. The maximum atomic E-state index is 5.85. The fourth-order valence-electron chi connectivity index (χ4n) is 1.59. The fraction of sp³-hybridized carbons (Fsp3) is 0. The van der Waals surface area contributed by atoms with Gasteiger partial charge in [0.1, 0.15) is 12.1 Å². The molecule has 0 spiro atoms. The van der Waals surface area contributed by atoms with Crippen molar-refractivity contribution in [2.24, 2.45) is 0 Å². The minimum Gasteiger partial charge on any atom is -0.265 e. The van der Waals surface area contributed by atoms with Crippen molar-refractivity contribution in [3.8, 4) is 17.2 Å². The van der Waals surface area contributed by atoms with E-state index in [-0.39, 0.29) is 0 Å². The average Bonchev–Trinajstić information content (AvgIpc) is 3.00. The number of nitrogens with one attached hydrogen (secondary N) is 1. The number of hydrogen-bond donors (Lipinski definition) is 1. The molecule has 0 fully saturated rings. The molecule has 3 rings (SSSR count). The van der Waals surface area contributed by atoms with Crippen molar-refractivity contribution < 1.29 is 0 Å². The van der Waals surface area contributed by atoms with Crippen LogP contribution in [0.3, 0.4) is 0 Å². The van der Waals surface area contributed by atoms with Gasteiger partial charge in [-0.15, -0.1) is 10.2 Å². The number of aromatic amines is 1. The molecular weight excluding hydrogens is 238 g/mol. The predicted molar refractivity (Wildman–Crippen MR) is 64.0 cm³/mol. The van der Waals surface area contributed by atoms with E-state index < -0.39 is 0 Å². The van der Waals surface area contributed by atoms with E-state index in [1.165, 1.54) is 0 Å². The first-order valence-electron chi connectivity index (χ1n) is 5.00. The Morgan fingerprint density at radius 2 is 1.94 bits per heavy atom. The van der Waals surface area contributed by atoms with Crippen molar-refractivity contribution in [1.82, 2.24) is 25.0 Å². The van der Waals surface area contributed by atoms with Crippen molar-refractivity contribution in [1.29, 1.82) is 0 Å². The Morgan fingerprint density at radius 3 is 2.65 bits per heavy atom. The van der Waals surface area contributed by atoms with Crippen LogP contribution in [0.5, 0.6) is 0 Å². The smallest absolute Gasteiger partial charge is 0.169 e. The maximum Gasteiger partial charge on any atom is 0.169 e. The molecular formula is C11H8ClN5. The minimum atomic E-state index is 0.696. The van der Waals surface area contributed by atoms with E-state index in [0.29, 0.717) is 5.02 Å². The van der Waals surface area contributed by atoms with Crippen LogP contribution in [0.25, 0.3) is 17.2 Å². The summed E-state index contributed by atoms with van der Waals surface area (Å²) in [5, 5.41) is 15.5. The summed E-state index contributed by atoms with van der Waals surface area (Å²) >= 11 is 5.85. The lowest BCUT2D eigenvalue weighted by atomic mass is 10.2. The first-order valence-corrected chi connectivity index (χ1v) is 5.38. The van der Waals surface area contributed by atoms with Crippen molar-refractivity contribution in [3.63, 3.8) is 0 Å². The van der Waals surface area contributed by atoms with Crippen LogP contribution in [0.1, 0.15) is 0 Å². The van der Waals surface area contributed by atoms with Crippen molar-refractivity contribution in [2.75, 3.05) is 0 Å². The fourth-order valence-corrected chi connectivity index (χ4v) is 1.72. The Kier molecular flexibility index (Phi) is 2.38. The molecule has 0 radical (unpaired) electrons. The summed E-state index contributed by atoms with van der Waals surface area (Å²) in [6.07, 6.45) is 3.32. The highest BCUT2D eigenvalue weighted by atomic mass is 35.5. The van der Waals surface area contributed by atoms with Crippen LogP contribution in [0.4, 0.5) is 0 Å². The summed E-state index contributed by atoms with van der Waals surface area (Å²) in [7, 11) is 0. The SMILES string of the molecule is Clc1ccc(-c2nncn2-c2ccn[nH]2)cc1. The monoisotopic (exact) mass is 245 g/mol. The third-order valence-electron chi connectivity index (χ3n) is 2.40. The summed E-state index contributed by atoms with van der Waals surface area (Å²) in [6, 6.07) is 9.30. The molecule has 84 valence electrons. The molecule has 0 bridgehead atoms. The van der Waals surface area contributed by atoms with Crippen molar-refractivity contribution in [3.05, 3.63) is 47.9 Å². The van der Waals surface area contributed by atoms with E-state index in [2.05, 4.69) is 20.4 Å². The predicted octanol–water partition coefficient (Wildman–Crippen LogP) is 2.31. The maximum absolute atomic E-state index is 5.85. The Morgan fingerprint density at radius 1 is 1.12 bits per heavy atom. The Bertz CT molecular complexity index is 612. The molecule has 17 heavy (non-hydrogen) atoms. The Labute approximate surface area is 102 Å². The van der Waals surface area contributed by atoms with Gasteiger partial charge in [0.25, 0.3) is 0 Å². The number of nitrogens with zero attached hydrogens (tertiary/aromatic N) is 4. The first kappa shape index (κ1) is 10.0. The van der Waals surface area contributed by atoms with Gasteiger partial charge in [0, 0.05) is 16.7 Å². The van der Waals surface area contributed by atoms with Crippen LogP contribution in [0, 0.1) is 0 Å². The van der Waals surface area contributed by atoms with Gasteiger partial charge in [0.05, 0.1) is 6.20 Å². The third kappa shape index (κ3) is 1.81. The molecule has 5 nitrogen and oxygen atoms in total. The molecule has 0 aliphatic carbocycles. The van der Waals surface area contributed by atoms with Crippen LogP contribution in [0.15, 0.2) is 42.9 Å². The highest BCUT2D eigenvalue weighted by molar-refractivity contribution is 6.30. The van der Waals surface area contributed by atoms with E-state index in [0.717, 1.165) is 17.2 Å². The molecule has 6 heteroatoms. The second kappa shape index (κ2) is 4.03. The van der Waals surface area contributed by atoms with Crippen LogP contribution in [-0.4, -0.2) is 25.0 Å². The van der Waals surface area contributed by atoms with Crippen LogP contribution >= 0.6 is 11.6 Å². The lowest BCUT2D eigenvalue weighted by Crippen LogP contribution is -1.96. The van der Waals surface area contributed by atoms with E-state index in [1.807, 2.05) is 34.9 Å². The highest BCUT2D eigenvalue weighted by Crippen LogP contribution is 2.21. The molecule has 0 saturated heterocycles. The summed E-state index contributed by atoms with van der Waals surface area (Å²) in [6.45, 7) is 0. The molecule has 0 saturated carbocycles. The molecule has 0 unspecified atom stereocenters. The second-order valence-corrected chi connectivity index (χ2v) is 3.91. The summed E-state index contributed by atoms with van der Waals surface area (Å²) in [5.74, 6) is 1.56. The second-order valence-electron chi connectivity index (χ2n) is 3.47. The number of rotatable bonds is 2. The van der Waals surface area contributed by atoms with E-state index >= 15 is 0 Å². The molecule has 3 aromatic rings. The van der Waals surface area contributed by atoms with Gasteiger partial charge in [-0.05, 0) is 24.3 Å². The quantitative estimate of drug-likeness (QED) is 0.754. The minimum absolute atomic E-state index is 0.696. The number of benzene rings is 1. The lowest BCUT2D eigenvalue weighted by Gasteiger charge is -2.03. The Hall–Kier alpha value is -2.14. The van der Waals surface area contributed by atoms with Crippen molar-refractivity contribution in [2.45, 2.75) is 0 Å². The van der Waals surface area contributed by atoms with Gasteiger partial charge in [-0.3, -0.25) is 9.67 Å². The molecule has 1 aromatic carbocycles. The van der Waals surface area contributed by atoms with E-state index in [9.17, 15) is 0 Å². The van der Waals surface area contributed by atoms with Gasteiger partial charge in [-0.2, -0.15) is 5.10 Å². The van der Waals surface area contributed by atoms with Crippen LogP contribution in [0.2, 0.25) is 5.02 Å². The Balaban J connectivity index is 2.10. The average molecular weight is 246 g/mol. The molecule has 0 amide bonds. The number of halogens is 1. The molecule has 0 aliphatic heterocycles. The number of H-pyrrole nitrogens is 1. The zero-order valence-corrected chi connectivity index (χ0v) is 9.46. The van der Waals surface area contributed by atoms with Gasteiger partial charge in [0.15, 0.2) is 5.82 Å². The summed E-state index contributed by atoms with van der Waals surface area (Å²) in [4.78, 5) is 0. The first-order chi connectivity index (χ1) is 8.34. The highest BCUT2D eigenvalue weighted by Gasteiger charge is 2.09. The zero-order chi connectivity index (χ0) is 11.7. The lowest BCUT2D eigenvalue weighted by molar-refractivity contribution is 0.960. The van der Waals surface area contributed by atoms with Gasteiger partial charge in [-0.25, -0.2) is 0 Å². The molecule has 0 atom stereocenters. The summed E-state index contributed by atoms with van der Waals surface area (Å²) in [5.41, 5.74) is 0.946. The van der Waals surface area contributed by atoms with Gasteiger partial charge in [-0.1, -0.05) is 11.6 Å². The van der Waals surface area contributed by atoms with Crippen LogP contribution < -0.4 is 0 Å². The largest absolute Gasteiger partial charge is 0.265 e. The molecule has 1 N–H and O–H groups in total. The number of hydrogen-bond acceptors (Lipinski definition) is 3. The van der Waals surface area contributed by atoms with E-state index in [1.54, 1.807) is 12.5 Å². The molecule has 0 aliphatic rings. The molecule has 2 aromatic heterocycles. The number of aromatic nitrogens is 5. The van der Waals surface area contributed by atoms with E-state index in [4.69, 9.17) is 11.6 Å². The normalized spacial score (nSPS) is 10.6. The van der Waals surface area contributed by atoms with Gasteiger partial charge >= 0.3 is 0 Å². The van der Waals surface area contributed by atoms with Crippen molar-refractivity contribution >= 4 is 11.6 Å². The van der Waals surface area contributed by atoms with Gasteiger partial charge < -0.3 is 0 Å². The molecule has 2 heterocycles. The topological polar surface area (TPSA) is 59.4 Å². The van der Waals surface area contributed by atoms with Gasteiger partial charge in [0.2, 0.25) is 0 Å². The standard InChI is InChI=1S/C11H8ClN5/c12-9-3-1-8(2-4-9)11-16-14-7-17(11)10-5-6-13-15-10/h1-7H,(H,13,15). The summed E-state index contributed by atoms with van der Waals surface area (Å²) < 4.78 is 1.83.